The second-order valence-electron chi connectivity index (χ2n) is 5.42. The number of aromatic carboxylic acids is 1. The Morgan fingerprint density at radius 1 is 0.962 bits per heavy atom. The summed E-state index contributed by atoms with van der Waals surface area (Å²) in [5.41, 5.74) is 0.308. The normalized spacial score (nSPS) is 10.4. The fourth-order valence-corrected chi connectivity index (χ4v) is 2.32. The van der Waals surface area contributed by atoms with Gasteiger partial charge in [-0.25, -0.2) is 23.5 Å². The number of rotatable bonds is 5. The summed E-state index contributed by atoms with van der Waals surface area (Å²) in [5, 5.41) is 14.6. The zero-order valence-electron chi connectivity index (χ0n) is 13.6. The number of aromatic nitrogens is 2. The van der Waals surface area contributed by atoms with Crippen molar-refractivity contribution in [2.45, 2.75) is 6.92 Å². The quantitative estimate of drug-likeness (QED) is 0.634. The van der Waals surface area contributed by atoms with E-state index in [-0.39, 0.29) is 17.1 Å². The Morgan fingerprint density at radius 3 is 2.23 bits per heavy atom. The van der Waals surface area contributed by atoms with Crippen molar-refractivity contribution in [1.82, 2.24) is 9.97 Å². The van der Waals surface area contributed by atoms with Gasteiger partial charge >= 0.3 is 5.97 Å². The molecular weight excluding hydrogens is 342 g/mol. The molecule has 0 saturated carbocycles. The summed E-state index contributed by atoms with van der Waals surface area (Å²) in [6.07, 6.45) is 0. The van der Waals surface area contributed by atoms with Crippen LogP contribution in [-0.4, -0.2) is 21.0 Å². The van der Waals surface area contributed by atoms with Crippen molar-refractivity contribution in [3.8, 4) is 0 Å². The van der Waals surface area contributed by atoms with Crippen molar-refractivity contribution in [3.63, 3.8) is 0 Å². The Morgan fingerprint density at radius 2 is 1.58 bits per heavy atom. The van der Waals surface area contributed by atoms with E-state index < -0.39 is 17.6 Å². The highest BCUT2D eigenvalue weighted by atomic mass is 19.1. The van der Waals surface area contributed by atoms with Crippen molar-refractivity contribution in [2.24, 2.45) is 0 Å². The lowest BCUT2D eigenvalue weighted by Gasteiger charge is -2.11. The molecule has 3 rings (SSSR count). The Bertz CT molecular complexity index is 959. The summed E-state index contributed by atoms with van der Waals surface area (Å²) in [6.45, 7) is 1.63. The van der Waals surface area contributed by atoms with E-state index >= 15 is 0 Å². The van der Waals surface area contributed by atoms with Crippen LogP contribution in [0.3, 0.4) is 0 Å². The van der Waals surface area contributed by atoms with Gasteiger partial charge in [0, 0.05) is 11.8 Å². The molecule has 1 heterocycles. The molecule has 0 radical (unpaired) electrons. The standard InChI is InChI=1S/C18H14F2N4O2/c1-10-21-15(23-12-5-2-4-11(8-12)18(25)26)9-16(22-10)24-17-13(19)6-3-7-14(17)20/h2-9H,1H3,(H,25,26)(H2,21,22,23,24). The molecule has 0 atom stereocenters. The molecule has 0 bridgehead atoms. The third-order valence-electron chi connectivity index (χ3n) is 3.44. The molecule has 6 nitrogen and oxygen atoms in total. The molecule has 0 spiro atoms. The van der Waals surface area contributed by atoms with Gasteiger partial charge in [-0.15, -0.1) is 0 Å². The van der Waals surface area contributed by atoms with Gasteiger partial charge in [-0.2, -0.15) is 0 Å². The molecule has 0 amide bonds. The summed E-state index contributed by atoms with van der Waals surface area (Å²) in [6, 6.07) is 11.2. The molecule has 132 valence electrons. The molecule has 0 aliphatic carbocycles. The summed E-state index contributed by atoms with van der Waals surface area (Å²) in [7, 11) is 0. The Balaban J connectivity index is 1.88. The van der Waals surface area contributed by atoms with E-state index in [1.165, 1.54) is 24.3 Å². The molecule has 0 aliphatic heterocycles. The van der Waals surface area contributed by atoms with Crippen LogP contribution >= 0.6 is 0 Å². The third-order valence-corrected chi connectivity index (χ3v) is 3.44. The van der Waals surface area contributed by atoms with Crippen LogP contribution in [0.2, 0.25) is 0 Å². The molecule has 0 fully saturated rings. The second-order valence-corrected chi connectivity index (χ2v) is 5.42. The fourth-order valence-electron chi connectivity index (χ4n) is 2.32. The van der Waals surface area contributed by atoms with Crippen molar-refractivity contribution in [3.05, 3.63) is 71.6 Å². The largest absolute Gasteiger partial charge is 0.478 e. The fraction of sp³-hybridized carbons (Fsp3) is 0.0556. The SMILES string of the molecule is Cc1nc(Nc2cccc(C(=O)O)c2)cc(Nc2c(F)cccc2F)n1. The van der Waals surface area contributed by atoms with E-state index in [1.807, 2.05) is 0 Å². The monoisotopic (exact) mass is 356 g/mol. The molecular formula is C18H14F2N4O2. The van der Waals surface area contributed by atoms with Gasteiger partial charge in [0.25, 0.3) is 0 Å². The number of halogens is 2. The Kier molecular flexibility index (Phi) is 4.74. The molecule has 3 aromatic rings. The lowest BCUT2D eigenvalue weighted by molar-refractivity contribution is 0.0697. The minimum Gasteiger partial charge on any atom is -0.478 e. The highest BCUT2D eigenvalue weighted by Gasteiger charge is 2.11. The highest BCUT2D eigenvalue weighted by molar-refractivity contribution is 5.89. The molecule has 8 heteroatoms. The molecule has 0 saturated heterocycles. The van der Waals surface area contributed by atoms with E-state index in [4.69, 9.17) is 5.11 Å². The first-order valence-corrected chi connectivity index (χ1v) is 7.59. The zero-order valence-corrected chi connectivity index (χ0v) is 13.6. The van der Waals surface area contributed by atoms with E-state index in [2.05, 4.69) is 20.6 Å². The smallest absolute Gasteiger partial charge is 0.335 e. The van der Waals surface area contributed by atoms with Crippen molar-refractivity contribution in [2.75, 3.05) is 10.6 Å². The maximum Gasteiger partial charge on any atom is 0.335 e. The van der Waals surface area contributed by atoms with Gasteiger partial charge in [-0.05, 0) is 37.3 Å². The summed E-state index contributed by atoms with van der Waals surface area (Å²) < 4.78 is 27.6. The van der Waals surface area contributed by atoms with Gasteiger partial charge in [0.15, 0.2) is 0 Å². The maximum atomic E-state index is 13.8. The molecule has 1 aromatic heterocycles. The minimum atomic E-state index is -1.05. The Hall–Kier alpha value is -3.55. The highest BCUT2D eigenvalue weighted by Crippen LogP contribution is 2.24. The summed E-state index contributed by atoms with van der Waals surface area (Å²) in [5.74, 6) is -1.64. The topological polar surface area (TPSA) is 87.1 Å². The predicted octanol–water partition coefficient (Wildman–Crippen LogP) is 4.25. The number of carboxylic acid groups (broad SMARTS) is 1. The number of benzene rings is 2. The first-order chi connectivity index (χ1) is 12.4. The lowest BCUT2D eigenvalue weighted by Crippen LogP contribution is -2.04. The van der Waals surface area contributed by atoms with Crippen molar-refractivity contribution in [1.29, 1.82) is 0 Å². The molecule has 26 heavy (non-hydrogen) atoms. The number of carbonyl (C=O) groups is 1. The first kappa shape index (κ1) is 17.3. The van der Waals surface area contributed by atoms with Gasteiger partial charge in [0.05, 0.1) is 5.56 Å². The van der Waals surface area contributed by atoms with Gasteiger partial charge in [-0.1, -0.05) is 12.1 Å². The van der Waals surface area contributed by atoms with Gasteiger partial charge < -0.3 is 15.7 Å². The van der Waals surface area contributed by atoms with Crippen LogP contribution in [-0.2, 0) is 0 Å². The van der Waals surface area contributed by atoms with Crippen LogP contribution in [0, 0.1) is 18.6 Å². The number of hydrogen-bond acceptors (Lipinski definition) is 5. The lowest BCUT2D eigenvalue weighted by atomic mass is 10.2. The van der Waals surface area contributed by atoms with Gasteiger partial charge in [0.2, 0.25) is 0 Å². The average Bonchev–Trinajstić information content (AvgIpc) is 2.58. The van der Waals surface area contributed by atoms with E-state index in [0.29, 0.717) is 17.3 Å². The number of para-hydroxylation sites is 1. The van der Waals surface area contributed by atoms with E-state index in [0.717, 1.165) is 12.1 Å². The van der Waals surface area contributed by atoms with Crippen LogP contribution < -0.4 is 10.6 Å². The average molecular weight is 356 g/mol. The van der Waals surface area contributed by atoms with Gasteiger partial charge in [-0.3, -0.25) is 0 Å². The number of aryl methyl sites for hydroxylation is 1. The van der Waals surface area contributed by atoms with Gasteiger partial charge in [0.1, 0.15) is 34.8 Å². The van der Waals surface area contributed by atoms with E-state index in [9.17, 15) is 13.6 Å². The summed E-state index contributed by atoms with van der Waals surface area (Å²) >= 11 is 0. The zero-order chi connectivity index (χ0) is 18.7. The van der Waals surface area contributed by atoms with Crippen LogP contribution in [0.15, 0.2) is 48.5 Å². The molecule has 0 aliphatic rings. The number of nitrogens with one attached hydrogen (secondary N) is 2. The van der Waals surface area contributed by atoms with Crippen LogP contribution in [0.4, 0.5) is 31.8 Å². The van der Waals surface area contributed by atoms with Crippen molar-refractivity contribution >= 4 is 29.0 Å². The maximum absolute atomic E-state index is 13.8. The summed E-state index contributed by atoms with van der Waals surface area (Å²) in [4.78, 5) is 19.3. The number of hydrogen-bond donors (Lipinski definition) is 3. The molecule has 3 N–H and O–H groups in total. The Labute approximate surface area is 147 Å². The van der Waals surface area contributed by atoms with Crippen molar-refractivity contribution < 1.29 is 18.7 Å². The first-order valence-electron chi connectivity index (χ1n) is 7.59. The third kappa shape index (κ3) is 3.92. The number of anilines is 4. The predicted molar refractivity (Wildman–Crippen MR) is 93.1 cm³/mol. The second kappa shape index (κ2) is 7.14. The molecule has 0 unspecified atom stereocenters. The van der Waals surface area contributed by atoms with Crippen LogP contribution in [0.25, 0.3) is 0 Å². The number of carboxylic acids is 1. The molecule has 2 aromatic carbocycles. The van der Waals surface area contributed by atoms with Crippen LogP contribution in [0.1, 0.15) is 16.2 Å². The van der Waals surface area contributed by atoms with Crippen LogP contribution in [0.5, 0.6) is 0 Å². The minimum absolute atomic E-state index is 0.118. The van der Waals surface area contributed by atoms with E-state index in [1.54, 1.807) is 19.1 Å². The number of nitrogens with zero attached hydrogens (tertiary/aromatic N) is 2.